The topological polar surface area (TPSA) is 15.3 Å². The van der Waals surface area contributed by atoms with Gasteiger partial charge in [-0.2, -0.15) is 0 Å². The van der Waals surface area contributed by atoms with Crippen molar-refractivity contribution in [2.45, 2.75) is 39.2 Å². The molecule has 2 nitrogen and oxygen atoms in total. The van der Waals surface area contributed by atoms with Crippen molar-refractivity contribution >= 4 is 0 Å². The lowest BCUT2D eigenvalue weighted by Crippen LogP contribution is -2.31. The molecule has 0 spiro atoms. The molecule has 1 N–H and O–H groups in total. The van der Waals surface area contributed by atoms with Crippen LogP contribution in [0.2, 0.25) is 0 Å². The molecule has 0 bridgehead atoms. The van der Waals surface area contributed by atoms with Crippen molar-refractivity contribution in [1.29, 1.82) is 0 Å². The maximum Gasteiger partial charge on any atom is 0.0466 e. The third kappa shape index (κ3) is 4.11. The minimum atomic E-state index is 0.230. The average molecular weight is 248 g/mol. The molecule has 18 heavy (non-hydrogen) atoms. The fourth-order valence-electron chi connectivity index (χ4n) is 2.08. The quantitative estimate of drug-likeness (QED) is 0.861. The summed E-state index contributed by atoms with van der Waals surface area (Å²) in [5, 5.41) is 3.43. The molecule has 0 radical (unpaired) electrons. The molecule has 0 aliphatic heterocycles. The van der Waals surface area contributed by atoms with Gasteiger partial charge in [-0.25, -0.2) is 0 Å². The number of nitrogens with zero attached hydrogens (tertiary/aromatic N) is 1. The van der Waals surface area contributed by atoms with E-state index < -0.39 is 0 Å². The normalized spacial score (nSPS) is 13.9. The van der Waals surface area contributed by atoms with Crippen LogP contribution in [0.25, 0.3) is 0 Å². The van der Waals surface area contributed by atoms with E-state index in [0.29, 0.717) is 6.04 Å². The molecule has 1 unspecified atom stereocenters. The van der Waals surface area contributed by atoms with Crippen molar-refractivity contribution in [3.63, 3.8) is 0 Å². The Morgan fingerprint density at radius 1 is 1.11 bits per heavy atom. The number of hydrogen-bond donors (Lipinski definition) is 1. The zero-order valence-electron chi connectivity index (χ0n) is 12.7. The van der Waals surface area contributed by atoms with Crippen LogP contribution in [-0.2, 0) is 5.41 Å². The van der Waals surface area contributed by atoms with Crippen LogP contribution in [0.5, 0.6) is 0 Å². The Morgan fingerprint density at radius 2 is 1.67 bits per heavy atom. The second-order valence-electron chi connectivity index (χ2n) is 6.16. The van der Waals surface area contributed by atoms with E-state index in [0.717, 1.165) is 13.1 Å². The highest BCUT2D eigenvalue weighted by atomic mass is 15.1. The van der Waals surface area contributed by atoms with Crippen LogP contribution in [0.1, 0.15) is 44.9 Å². The zero-order valence-corrected chi connectivity index (χ0v) is 12.7. The molecule has 0 aliphatic rings. The minimum Gasteiger partial charge on any atom is -0.315 e. The summed E-state index contributed by atoms with van der Waals surface area (Å²) >= 11 is 0. The van der Waals surface area contributed by atoms with Crippen LogP contribution < -0.4 is 5.32 Å². The Bertz CT molecular complexity index is 346. The van der Waals surface area contributed by atoms with Crippen LogP contribution in [0.3, 0.4) is 0 Å². The van der Waals surface area contributed by atoms with E-state index in [1.165, 1.54) is 11.1 Å². The lowest BCUT2D eigenvalue weighted by Gasteiger charge is -2.26. The van der Waals surface area contributed by atoms with E-state index in [2.05, 4.69) is 76.3 Å². The Morgan fingerprint density at radius 3 is 2.06 bits per heavy atom. The van der Waals surface area contributed by atoms with Gasteiger partial charge in [-0.15, -0.1) is 0 Å². The second-order valence-corrected chi connectivity index (χ2v) is 6.16. The van der Waals surface area contributed by atoms with Gasteiger partial charge in [0.15, 0.2) is 0 Å². The van der Waals surface area contributed by atoms with E-state index in [9.17, 15) is 0 Å². The monoisotopic (exact) mass is 248 g/mol. The highest BCUT2D eigenvalue weighted by Gasteiger charge is 2.16. The molecule has 1 atom stereocenters. The van der Waals surface area contributed by atoms with Gasteiger partial charge < -0.3 is 10.2 Å². The highest BCUT2D eigenvalue weighted by molar-refractivity contribution is 5.29. The van der Waals surface area contributed by atoms with Crippen LogP contribution in [0.15, 0.2) is 24.3 Å². The van der Waals surface area contributed by atoms with Gasteiger partial charge in [0.25, 0.3) is 0 Å². The van der Waals surface area contributed by atoms with Gasteiger partial charge >= 0.3 is 0 Å². The smallest absolute Gasteiger partial charge is 0.0466 e. The third-order valence-electron chi connectivity index (χ3n) is 3.37. The van der Waals surface area contributed by atoms with Gasteiger partial charge in [0.2, 0.25) is 0 Å². The first-order valence-corrected chi connectivity index (χ1v) is 6.84. The Balaban J connectivity index is 2.87. The van der Waals surface area contributed by atoms with Crippen molar-refractivity contribution in [3.8, 4) is 0 Å². The van der Waals surface area contributed by atoms with Crippen LogP contribution in [0.4, 0.5) is 0 Å². The average Bonchev–Trinajstić information content (AvgIpc) is 2.28. The number of nitrogens with one attached hydrogen (secondary N) is 1. The third-order valence-corrected chi connectivity index (χ3v) is 3.37. The molecule has 0 amide bonds. The molecule has 0 saturated carbocycles. The Labute approximate surface area is 112 Å². The van der Waals surface area contributed by atoms with Crippen LogP contribution >= 0.6 is 0 Å². The first kappa shape index (κ1) is 15.2. The predicted octanol–water partition coefficient (Wildman–Crippen LogP) is 3.20. The van der Waals surface area contributed by atoms with Crippen molar-refractivity contribution in [2.75, 3.05) is 27.2 Å². The summed E-state index contributed by atoms with van der Waals surface area (Å²) in [6.07, 6.45) is 0. The van der Waals surface area contributed by atoms with Gasteiger partial charge in [-0.3, -0.25) is 0 Å². The summed E-state index contributed by atoms with van der Waals surface area (Å²) in [6, 6.07) is 9.50. The van der Waals surface area contributed by atoms with Gasteiger partial charge in [-0.1, -0.05) is 52.0 Å². The molecule has 0 aromatic heterocycles. The van der Waals surface area contributed by atoms with E-state index in [-0.39, 0.29) is 5.41 Å². The summed E-state index contributed by atoms with van der Waals surface area (Å²) in [5.41, 5.74) is 3.01. The molecule has 1 aromatic carbocycles. The van der Waals surface area contributed by atoms with Gasteiger partial charge in [0, 0.05) is 12.6 Å². The molecule has 102 valence electrons. The fraction of sp³-hybridized carbons (Fsp3) is 0.625. The first-order chi connectivity index (χ1) is 8.36. The van der Waals surface area contributed by atoms with E-state index >= 15 is 0 Å². The molecule has 0 fully saturated rings. The molecular formula is C16H28N2. The summed E-state index contributed by atoms with van der Waals surface area (Å²) in [7, 11) is 4.28. The van der Waals surface area contributed by atoms with E-state index in [1.54, 1.807) is 0 Å². The predicted molar refractivity (Wildman–Crippen MR) is 80.1 cm³/mol. The number of rotatable bonds is 5. The zero-order chi connectivity index (χ0) is 13.8. The molecule has 0 saturated heterocycles. The highest BCUT2D eigenvalue weighted by Crippen LogP contribution is 2.25. The van der Waals surface area contributed by atoms with Crippen molar-refractivity contribution in [2.24, 2.45) is 0 Å². The Kier molecular flexibility index (Phi) is 5.36. The van der Waals surface area contributed by atoms with Gasteiger partial charge in [0.1, 0.15) is 0 Å². The van der Waals surface area contributed by atoms with Crippen LogP contribution in [0, 0.1) is 0 Å². The molecule has 1 aromatic rings. The summed E-state index contributed by atoms with van der Waals surface area (Å²) < 4.78 is 0. The largest absolute Gasteiger partial charge is 0.315 e. The van der Waals surface area contributed by atoms with Crippen molar-refractivity contribution in [3.05, 3.63) is 35.4 Å². The maximum atomic E-state index is 3.43. The minimum absolute atomic E-state index is 0.230. The second kappa shape index (κ2) is 6.35. The van der Waals surface area contributed by atoms with Crippen LogP contribution in [-0.4, -0.2) is 32.1 Å². The van der Waals surface area contributed by atoms with Crippen molar-refractivity contribution < 1.29 is 0 Å². The number of likely N-dealkylation sites (N-methyl/N-ethyl adjacent to an activating group) is 2. The van der Waals surface area contributed by atoms with Gasteiger partial charge in [0.05, 0.1) is 0 Å². The van der Waals surface area contributed by atoms with Crippen molar-refractivity contribution in [1.82, 2.24) is 10.2 Å². The lowest BCUT2D eigenvalue weighted by atomic mass is 9.86. The Hall–Kier alpha value is -0.860. The standard InChI is InChI=1S/C16H28N2/c1-7-17-12-15(18(5)6)13-8-10-14(11-9-13)16(2,3)4/h8-11,15,17H,7,12H2,1-6H3. The molecule has 0 aliphatic carbocycles. The van der Waals surface area contributed by atoms with E-state index in [4.69, 9.17) is 0 Å². The first-order valence-electron chi connectivity index (χ1n) is 6.84. The molecular weight excluding hydrogens is 220 g/mol. The number of benzene rings is 1. The number of hydrogen-bond acceptors (Lipinski definition) is 2. The molecule has 0 heterocycles. The fourth-order valence-corrected chi connectivity index (χ4v) is 2.08. The summed E-state index contributed by atoms with van der Waals surface area (Å²) in [6.45, 7) is 10.9. The lowest BCUT2D eigenvalue weighted by molar-refractivity contribution is 0.290. The maximum absolute atomic E-state index is 3.43. The SMILES string of the molecule is CCNCC(c1ccc(C(C)(C)C)cc1)N(C)C. The molecule has 2 heteroatoms. The van der Waals surface area contributed by atoms with Gasteiger partial charge in [-0.05, 0) is 37.2 Å². The summed E-state index contributed by atoms with van der Waals surface area (Å²) in [4.78, 5) is 2.27. The summed E-state index contributed by atoms with van der Waals surface area (Å²) in [5.74, 6) is 0. The molecule has 1 rings (SSSR count). The van der Waals surface area contributed by atoms with E-state index in [1.807, 2.05) is 0 Å².